The van der Waals surface area contributed by atoms with Crippen molar-refractivity contribution in [3.05, 3.63) is 89.2 Å². The summed E-state index contributed by atoms with van der Waals surface area (Å²) >= 11 is 1.40. The van der Waals surface area contributed by atoms with Crippen LogP contribution in [0.15, 0.2) is 66.7 Å². The SMILES string of the molecule is O=C1CC(c2ccc(OCc3cccc(-c4cc(C(F)(F)F)ccc4F)c3)cc2)CSN1. The molecule has 32 heavy (non-hydrogen) atoms. The number of hydrogen-bond acceptors (Lipinski definition) is 3. The van der Waals surface area contributed by atoms with E-state index in [-0.39, 0.29) is 24.0 Å². The molecular formula is C24H19F4NO2S. The summed E-state index contributed by atoms with van der Waals surface area (Å²) in [4.78, 5) is 11.6. The molecule has 166 valence electrons. The Labute approximate surface area is 186 Å². The number of hydrogen-bond donors (Lipinski definition) is 1. The molecule has 8 heteroatoms. The van der Waals surface area contributed by atoms with E-state index in [4.69, 9.17) is 4.74 Å². The van der Waals surface area contributed by atoms with Crippen LogP contribution < -0.4 is 9.46 Å². The lowest BCUT2D eigenvalue weighted by Crippen LogP contribution is -2.26. The number of nitrogens with one attached hydrogen (secondary N) is 1. The molecule has 3 nitrogen and oxygen atoms in total. The monoisotopic (exact) mass is 461 g/mol. The maximum atomic E-state index is 14.2. The van der Waals surface area contributed by atoms with Crippen molar-refractivity contribution in [1.29, 1.82) is 0 Å². The van der Waals surface area contributed by atoms with Gasteiger partial charge in [-0.1, -0.05) is 30.3 Å². The van der Waals surface area contributed by atoms with Gasteiger partial charge < -0.3 is 9.46 Å². The normalized spacial score (nSPS) is 16.5. The Hall–Kier alpha value is -3.00. The molecule has 1 N–H and O–H groups in total. The molecule has 1 fully saturated rings. The second-order valence-electron chi connectivity index (χ2n) is 7.49. The van der Waals surface area contributed by atoms with Crippen molar-refractivity contribution in [3.8, 4) is 16.9 Å². The van der Waals surface area contributed by atoms with Crippen LogP contribution in [0.5, 0.6) is 5.75 Å². The van der Waals surface area contributed by atoms with E-state index in [0.29, 0.717) is 23.3 Å². The van der Waals surface area contributed by atoms with Crippen molar-refractivity contribution < 1.29 is 27.1 Å². The molecule has 0 aliphatic carbocycles. The van der Waals surface area contributed by atoms with Crippen LogP contribution in [-0.2, 0) is 17.6 Å². The summed E-state index contributed by atoms with van der Waals surface area (Å²) in [7, 11) is 0. The summed E-state index contributed by atoms with van der Waals surface area (Å²) in [5.41, 5.74) is 1.09. The van der Waals surface area contributed by atoms with Gasteiger partial charge in [0.2, 0.25) is 5.91 Å². The van der Waals surface area contributed by atoms with Gasteiger partial charge in [0.25, 0.3) is 0 Å². The van der Waals surface area contributed by atoms with Gasteiger partial charge in [-0.3, -0.25) is 4.79 Å². The quantitative estimate of drug-likeness (QED) is 0.356. The molecule has 0 saturated carbocycles. The first kappa shape index (κ1) is 22.2. The molecule has 1 amide bonds. The third kappa shape index (κ3) is 5.24. The number of rotatable bonds is 5. The Kier molecular flexibility index (Phi) is 6.41. The van der Waals surface area contributed by atoms with Gasteiger partial charge in [-0.15, -0.1) is 0 Å². The summed E-state index contributed by atoms with van der Waals surface area (Å²) in [6, 6.07) is 16.5. The third-order valence-electron chi connectivity index (χ3n) is 5.19. The number of alkyl halides is 3. The van der Waals surface area contributed by atoms with Crippen LogP contribution in [0.25, 0.3) is 11.1 Å². The third-order valence-corrected chi connectivity index (χ3v) is 6.13. The van der Waals surface area contributed by atoms with Gasteiger partial charge in [0.1, 0.15) is 18.2 Å². The number of carbonyl (C=O) groups is 1. The van der Waals surface area contributed by atoms with Gasteiger partial charge in [-0.05, 0) is 65.0 Å². The van der Waals surface area contributed by atoms with Crippen LogP contribution in [0.1, 0.15) is 29.0 Å². The summed E-state index contributed by atoms with van der Waals surface area (Å²) in [5.74, 6) is 0.884. The molecule has 0 bridgehead atoms. The molecular weight excluding hydrogens is 442 g/mol. The minimum atomic E-state index is -4.55. The summed E-state index contributed by atoms with van der Waals surface area (Å²) in [6.45, 7) is 0.176. The molecule has 0 aromatic heterocycles. The van der Waals surface area contributed by atoms with E-state index in [1.54, 1.807) is 24.3 Å². The average molecular weight is 461 g/mol. The number of ether oxygens (including phenoxy) is 1. The molecule has 1 atom stereocenters. The van der Waals surface area contributed by atoms with Crippen molar-refractivity contribution >= 4 is 17.9 Å². The first-order chi connectivity index (χ1) is 15.3. The zero-order valence-electron chi connectivity index (χ0n) is 16.8. The largest absolute Gasteiger partial charge is 0.489 e. The first-order valence-corrected chi connectivity index (χ1v) is 10.9. The highest BCUT2D eigenvalue weighted by molar-refractivity contribution is 7.98. The van der Waals surface area contributed by atoms with Crippen LogP contribution in [-0.4, -0.2) is 11.7 Å². The molecule has 3 aromatic carbocycles. The minimum absolute atomic E-state index is 0.0173. The van der Waals surface area contributed by atoms with E-state index in [1.807, 2.05) is 24.3 Å². The van der Waals surface area contributed by atoms with Gasteiger partial charge in [0.15, 0.2) is 0 Å². The van der Waals surface area contributed by atoms with Crippen molar-refractivity contribution in [2.45, 2.75) is 25.1 Å². The predicted molar refractivity (Wildman–Crippen MR) is 116 cm³/mol. The van der Waals surface area contributed by atoms with E-state index in [1.165, 1.54) is 11.9 Å². The smallest absolute Gasteiger partial charge is 0.416 e. The maximum Gasteiger partial charge on any atom is 0.416 e. The average Bonchev–Trinajstić information content (AvgIpc) is 2.78. The number of amides is 1. The summed E-state index contributed by atoms with van der Waals surface area (Å²) < 4.78 is 61.8. The summed E-state index contributed by atoms with van der Waals surface area (Å²) in [6.07, 6.45) is -4.10. The molecule has 1 aliphatic rings. The van der Waals surface area contributed by atoms with E-state index >= 15 is 0 Å². The zero-order valence-corrected chi connectivity index (χ0v) is 17.6. The highest BCUT2D eigenvalue weighted by Gasteiger charge is 2.31. The lowest BCUT2D eigenvalue weighted by atomic mass is 9.97. The van der Waals surface area contributed by atoms with Crippen LogP contribution in [0.2, 0.25) is 0 Å². The molecule has 0 radical (unpaired) electrons. The molecule has 3 aromatic rings. The van der Waals surface area contributed by atoms with E-state index in [2.05, 4.69) is 4.72 Å². The fourth-order valence-electron chi connectivity index (χ4n) is 3.52. The van der Waals surface area contributed by atoms with Crippen molar-refractivity contribution in [2.24, 2.45) is 0 Å². The number of carbonyl (C=O) groups excluding carboxylic acids is 1. The van der Waals surface area contributed by atoms with Crippen LogP contribution in [0.3, 0.4) is 0 Å². The molecule has 0 spiro atoms. The highest BCUT2D eigenvalue weighted by Crippen LogP contribution is 2.34. The Bertz CT molecular complexity index is 1120. The van der Waals surface area contributed by atoms with Crippen molar-refractivity contribution in [3.63, 3.8) is 0 Å². The highest BCUT2D eigenvalue weighted by atomic mass is 32.2. The molecule has 1 heterocycles. The fraction of sp³-hybridized carbons (Fsp3) is 0.208. The lowest BCUT2D eigenvalue weighted by Gasteiger charge is -2.21. The lowest BCUT2D eigenvalue weighted by molar-refractivity contribution is -0.137. The predicted octanol–water partition coefficient (Wildman–Crippen LogP) is 6.34. The maximum absolute atomic E-state index is 14.2. The van der Waals surface area contributed by atoms with Gasteiger partial charge in [0.05, 0.1) is 5.56 Å². The van der Waals surface area contributed by atoms with E-state index in [0.717, 1.165) is 29.5 Å². The van der Waals surface area contributed by atoms with Gasteiger partial charge in [0, 0.05) is 23.7 Å². The van der Waals surface area contributed by atoms with Crippen molar-refractivity contribution in [2.75, 3.05) is 5.75 Å². The fourth-order valence-corrected chi connectivity index (χ4v) is 4.35. The second kappa shape index (κ2) is 9.24. The van der Waals surface area contributed by atoms with Crippen LogP contribution >= 0.6 is 11.9 Å². The Morgan fingerprint density at radius 3 is 2.53 bits per heavy atom. The van der Waals surface area contributed by atoms with Crippen LogP contribution in [0.4, 0.5) is 17.6 Å². The topological polar surface area (TPSA) is 38.3 Å². The second-order valence-corrected chi connectivity index (χ2v) is 8.31. The van der Waals surface area contributed by atoms with E-state index in [9.17, 15) is 22.4 Å². The minimum Gasteiger partial charge on any atom is -0.489 e. The van der Waals surface area contributed by atoms with Gasteiger partial charge >= 0.3 is 6.18 Å². The van der Waals surface area contributed by atoms with Gasteiger partial charge in [-0.2, -0.15) is 13.2 Å². The summed E-state index contributed by atoms with van der Waals surface area (Å²) in [5, 5.41) is 0. The Morgan fingerprint density at radius 1 is 1.03 bits per heavy atom. The molecule has 4 rings (SSSR count). The number of halogens is 4. The molecule has 1 aliphatic heterocycles. The first-order valence-electron chi connectivity index (χ1n) is 9.89. The Morgan fingerprint density at radius 2 is 1.81 bits per heavy atom. The molecule has 1 saturated heterocycles. The Balaban J connectivity index is 1.45. The standard InChI is InChI=1S/C24H19F4NO2S/c25-22-9-6-19(24(26,27)28)12-21(22)17-3-1-2-15(10-17)13-31-20-7-4-16(5-8-20)18-11-23(30)29-32-14-18/h1-10,12,18H,11,13-14H2,(H,29,30). The zero-order chi connectivity index (χ0) is 22.7. The molecule has 1 unspecified atom stereocenters. The van der Waals surface area contributed by atoms with E-state index < -0.39 is 17.6 Å². The van der Waals surface area contributed by atoms with Crippen molar-refractivity contribution in [1.82, 2.24) is 4.72 Å². The van der Waals surface area contributed by atoms with Gasteiger partial charge in [-0.25, -0.2) is 4.39 Å². The number of benzene rings is 3. The van der Waals surface area contributed by atoms with Crippen LogP contribution in [0, 0.1) is 5.82 Å².